The minimum absolute atomic E-state index is 0.147. The van der Waals surface area contributed by atoms with Gasteiger partial charge >= 0.3 is 5.97 Å². The topological polar surface area (TPSA) is 97.8 Å². The molecule has 1 amide bonds. The minimum Gasteiger partial charge on any atom is -0.477 e. The first-order valence-electron chi connectivity index (χ1n) is 5.76. The van der Waals surface area contributed by atoms with E-state index in [9.17, 15) is 9.59 Å². The fraction of sp³-hybridized carbons (Fsp3) is 0.545. The van der Waals surface area contributed by atoms with Crippen molar-refractivity contribution in [2.24, 2.45) is 0 Å². The van der Waals surface area contributed by atoms with Gasteiger partial charge in [-0.1, -0.05) is 0 Å². The average Bonchev–Trinajstić information content (AvgIpc) is 2.89. The smallest absolute Gasteiger partial charge is 0.347 e. The second-order valence-electron chi connectivity index (χ2n) is 4.03. The Morgan fingerprint density at radius 1 is 1.58 bits per heavy atom. The van der Waals surface area contributed by atoms with Gasteiger partial charge in [0.15, 0.2) is 6.10 Å². The summed E-state index contributed by atoms with van der Waals surface area (Å²) in [5.74, 6) is -1.30. The van der Waals surface area contributed by atoms with Crippen molar-refractivity contribution < 1.29 is 24.2 Å². The van der Waals surface area contributed by atoms with Crippen molar-refractivity contribution in [3.63, 3.8) is 0 Å². The van der Waals surface area contributed by atoms with Gasteiger partial charge in [-0.3, -0.25) is 4.79 Å². The van der Waals surface area contributed by atoms with Crippen LogP contribution in [-0.2, 0) is 14.3 Å². The maximum Gasteiger partial charge on any atom is 0.347 e. The normalized spacial score (nSPS) is 20.8. The molecule has 1 aliphatic heterocycles. The van der Waals surface area contributed by atoms with Crippen LogP contribution in [-0.4, -0.2) is 47.9 Å². The molecule has 7 nitrogen and oxygen atoms in total. The molecule has 1 saturated heterocycles. The Hall–Kier alpha value is -1.51. The molecular weight excluding hydrogens is 272 g/mol. The number of amides is 1. The largest absolute Gasteiger partial charge is 0.477 e. The standard InChI is InChI=1S/C11H14N2O5S/c1-6(10-12-4-8(19-10)11(15)16)13-9(14)7-5-17-2-3-18-7/h4,6-7H,2-3,5H2,1H3,(H,13,14)(H,15,16). The van der Waals surface area contributed by atoms with Crippen LogP contribution in [0.4, 0.5) is 0 Å². The summed E-state index contributed by atoms with van der Waals surface area (Å²) in [6.07, 6.45) is 0.667. The number of carboxylic acids is 1. The van der Waals surface area contributed by atoms with E-state index in [2.05, 4.69) is 10.3 Å². The SMILES string of the molecule is CC(NC(=O)C1COCCO1)c1ncc(C(=O)O)s1. The molecule has 0 spiro atoms. The molecule has 19 heavy (non-hydrogen) atoms. The van der Waals surface area contributed by atoms with Crippen LogP contribution in [0.1, 0.15) is 27.6 Å². The molecule has 1 fully saturated rings. The van der Waals surface area contributed by atoms with Gasteiger partial charge in [-0.05, 0) is 6.92 Å². The van der Waals surface area contributed by atoms with Crippen LogP contribution in [0.15, 0.2) is 6.20 Å². The van der Waals surface area contributed by atoms with E-state index >= 15 is 0 Å². The van der Waals surface area contributed by atoms with Gasteiger partial charge in [-0.25, -0.2) is 9.78 Å². The van der Waals surface area contributed by atoms with Crippen molar-refractivity contribution in [1.29, 1.82) is 0 Å². The lowest BCUT2D eigenvalue weighted by Crippen LogP contribution is -2.43. The number of thiazole rings is 1. The maximum absolute atomic E-state index is 11.9. The van der Waals surface area contributed by atoms with Crippen LogP contribution in [0.5, 0.6) is 0 Å². The molecule has 2 rings (SSSR count). The van der Waals surface area contributed by atoms with E-state index in [0.29, 0.717) is 18.2 Å². The van der Waals surface area contributed by atoms with Crippen molar-refractivity contribution >= 4 is 23.2 Å². The minimum atomic E-state index is -1.02. The van der Waals surface area contributed by atoms with Crippen LogP contribution in [0, 0.1) is 0 Å². The third-order valence-electron chi connectivity index (χ3n) is 2.57. The predicted molar refractivity (Wildman–Crippen MR) is 66.2 cm³/mol. The first-order valence-corrected chi connectivity index (χ1v) is 6.58. The molecule has 8 heteroatoms. The van der Waals surface area contributed by atoms with Crippen molar-refractivity contribution in [3.05, 3.63) is 16.1 Å². The summed E-state index contributed by atoms with van der Waals surface area (Å²) in [6.45, 7) is 2.86. The van der Waals surface area contributed by atoms with Crippen molar-refractivity contribution in [2.45, 2.75) is 19.1 Å². The van der Waals surface area contributed by atoms with Crippen LogP contribution < -0.4 is 5.32 Å². The molecular formula is C11H14N2O5S. The number of nitrogens with one attached hydrogen (secondary N) is 1. The maximum atomic E-state index is 11.9. The Kier molecular flexibility index (Phi) is 4.46. The van der Waals surface area contributed by atoms with E-state index in [1.807, 2.05) is 0 Å². The highest BCUT2D eigenvalue weighted by molar-refractivity contribution is 7.13. The molecule has 2 unspecified atom stereocenters. The lowest BCUT2D eigenvalue weighted by atomic mass is 10.3. The van der Waals surface area contributed by atoms with Crippen LogP contribution in [0.25, 0.3) is 0 Å². The van der Waals surface area contributed by atoms with Gasteiger partial charge in [-0.2, -0.15) is 0 Å². The van der Waals surface area contributed by atoms with Gasteiger partial charge in [0.05, 0.1) is 32.1 Å². The Balaban J connectivity index is 1.93. The molecule has 0 aliphatic carbocycles. The van der Waals surface area contributed by atoms with E-state index < -0.39 is 12.1 Å². The van der Waals surface area contributed by atoms with Crippen LogP contribution in [0.2, 0.25) is 0 Å². The highest BCUT2D eigenvalue weighted by Crippen LogP contribution is 2.20. The summed E-state index contributed by atoms with van der Waals surface area (Å²) >= 11 is 1.04. The molecule has 1 aromatic heterocycles. The molecule has 0 aromatic carbocycles. The number of hydrogen-bond acceptors (Lipinski definition) is 6. The zero-order valence-corrected chi connectivity index (χ0v) is 11.1. The third kappa shape index (κ3) is 3.49. The summed E-state index contributed by atoms with van der Waals surface area (Å²) < 4.78 is 10.4. The molecule has 0 bridgehead atoms. The fourth-order valence-electron chi connectivity index (χ4n) is 1.59. The second kappa shape index (κ2) is 6.09. The van der Waals surface area contributed by atoms with Crippen molar-refractivity contribution in [2.75, 3.05) is 19.8 Å². The number of hydrogen-bond donors (Lipinski definition) is 2. The van der Waals surface area contributed by atoms with Crippen molar-refractivity contribution in [3.8, 4) is 0 Å². The Morgan fingerprint density at radius 3 is 2.95 bits per heavy atom. The van der Waals surface area contributed by atoms with Crippen molar-refractivity contribution in [1.82, 2.24) is 10.3 Å². The van der Waals surface area contributed by atoms with E-state index in [4.69, 9.17) is 14.6 Å². The zero-order valence-electron chi connectivity index (χ0n) is 10.3. The Labute approximate surface area is 113 Å². The number of ether oxygens (including phenoxy) is 2. The van der Waals surface area contributed by atoms with Gasteiger partial charge in [0.25, 0.3) is 5.91 Å². The van der Waals surface area contributed by atoms with Crippen LogP contribution >= 0.6 is 11.3 Å². The summed E-state index contributed by atoms with van der Waals surface area (Å²) in [6, 6.07) is -0.365. The molecule has 1 aliphatic rings. The van der Waals surface area contributed by atoms with Gasteiger partial charge in [0, 0.05) is 0 Å². The molecule has 104 valence electrons. The molecule has 2 N–H and O–H groups in total. The summed E-state index contributed by atoms with van der Waals surface area (Å²) in [4.78, 5) is 26.8. The molecule has 0 saturated carbocycles. The number of nitrogens with zero attached hydrogens (tertiary/aromatic N) is 1. The lowest BCUT2D eigenvalue weighted by molar-refractivity contribution is -0.148. The highest BCUT2D eigenvalue weighted by atomic mass is 32.1. The van der Waals surface area contributed by atoms with E-state index in [-0.39, 0.29) is 23.4 Å². The van der Waals surface area contributed by atoms with E-state index in [1.165, 1.54) is 6.20 Å². The average molecular weight is 286 g/mol. The van der Waals surface area contributed by atoms with Gasteiger partial charge in [-0.15, -0.1) is 11.3 Å². The number of aromatic carboxylic acids is 1. The number of aromatic nitrogens is 1. The first-order chi connectivity index (χ1) is 9.08. The van der Waals surface area contributed by atoms with E-state index in [1.54, 1.807) is 6.92 Å². The zero-order chi connectivity index (χ0) is 13.8. The summed E-state index contributed by atoms with van der Waals surface area (Å²) in [5.41, 5.74) is 0. The lowest BCUT2D eigenvalue weighted by Gasteiger charge is -2.23. The van der Waals surface area contributed by atoms with Crippen LogP contribution in [0.3, 0.4) is 0 Å². The quantitative estimate of drug-likeness (QED) is 0.833. The van der Waals surface area contributed by atoms with E-state index in [0.717, 1.165) is 11.3 Å². The number of carbonyl (C=O) groups is 2. The van der Waals surface area contributed by atoms with Gasteiger partial charge < -0.3 is 19.9 Å². The third-order valence-corrected chi connectivity index (χ3v) is 3.74. The molecule has 2 atom stereocenters. The van der Waals surface area contributed by atoms with Gasteiger partial charge in [0.1, 0.15) is 9.88 Å². The monoisotopic (exact) mass is 286 g/mol. The number of rotatable bonds is 4. The molecule has 1 aromatic rings. The number of carboxylic acid groups (broad SMARTS) is 1. The first kappa shape index (κ1) is 13.9. The molecule has 2 heterocycles. The molecule has 0 radical (unpaired) electrons. The van der Waals surface area contributed by atoms with Gasteiger partial charge in [0.2, 0.25) is 0 Å². The summed E-state index contributed by atoms with van der Waals surface area (Å²) in [5, 5.41) is 12.1. The number of carbonyl (C=O) groups excluding carboxylic acids is 1. The summed E-state index contributed by atoms with van der Waals surface area (Å²) in [7, 11) is 0. The Bertz CT molecular complexity index is 469. The Morgan fingerprint density at radius 2 is 2.37 bits per heavy atom. The fourth-order valence-corrected chi connectivity index (χ4v) is 2.35. The second-order valence-corrected chi connectivity index (χ2v) is 5.09. The highest BCUT2D eigenvalue weighted by Gasteiger charge is 2.25. The predicted octanol–water partition coefficient (Wildman–Crippen LogP) is 0.434.